The molecule has 1 aromatic carbocycles. The molecule has 32 heavy (non-hydrogen) atoms. The summed E-state index contributed by atoms with van der Waals surface area (Å²) in [6, 6.07) is 13.7. The molecule has 2 amide bonds. The van der Waals surface area contributed by atoms with E-state index in [1.165, 1.54) is 13.2 Å². The zero-order valence-electron chi connectivity index (χ0n) is 17.7. The summed E-state index contributed by atoms with van der Waals surface area (Å²) < 4.78 is 9.73. The number of benzene rings is 1. The van der Waals surface area contributed by atoms with Crippen molar-refractivity contribution in [3.05, 3.63) is 77.6 Å². The van der Waals surface area contributed by atoms with Crippen LogP contribution in [-0.4, -0.2) is 49.3 Å². The Kier molecular flexibility index (Phi) is 7.90. The molecule has 162 valence electrons. The van der Waals surface area contributed by atoms with Gasteiger partial charge >= 0.3 is 12.0 Å². The van der Waals surface area contributed by atoms with E-state index in [0.717, 1.165) is 16.7 Å². The van der Waals surface area contributed by atoms with E-state index in [9.17, 15) is 9.59 Å². The van der Waals surface area contributed by atoms with Gasteiger partial charge in [0.1, 0.15) is 5.82 Å². The minimum atomic E-state index is -0.532. The van der Waals surface area contributed by atoms with Crippen molar-refractivity contribution in [3.8, 4) is 23.1 Å². The zero-order chi connectivity index (χ0) is 22.8. The molecule has 0 spiro atoms. The molecule has 0 bridgehead atoms. The highest BCUT2D eigenvalue weighted by molar-refractivity contribution is 5.94. The first-order valence-electron chi connectivity index (χ1n) is 9.75. The average molecular weight is 430 g/mol. The summed E-state index contributed by atoms with van der Waals surface area (Å²) in [5.41, 5.74) is 3.17. The second kappa shape index (κ2) is 11.2. The van der Waals surface area contributed by atoms with Gasteiger partial charge in [0.05, 0.1) is 25.0 Å². The molecule has 2 N–H and O–H groups in total. The number of methoxy groups -OCH3 is 2. The van der Waals surface area contributed by atoms with E-state index in [2.05, 4.69) is 32.4 Å². The highest BCUT2D eigenvalue weighted by Crippen LogP contribution is 2.22. The first-order valence-corrected chi connectivity index (χ1v) is 9.75. The van der Waals surface area contributed by atoms with Crippen molar-refractivity contribution in [2.75, 3.05) is 32.7 Å². The van der Waals surface area contributed by atoms with E-state index in [0.29, 0.717) is 18.8 Å². The van der Waals surface area contributed by atoms with Crippen molar-refractivity contribution in [2.24, 2.45) is 0 Å². The molecule has 2 heterocycles. The second-order valence-corrected chi connectivity index (χ2v) is 6.56. The smallest absolute Gasteiger partial charge is 0.338 e. The Bertz CT molecular complexity index is 1140. The minimum absolute atomic E-state index is 0.221. The quantitative estimate of drug-likeness (QED) is 0.354. The van der Waals surface area contributed by atoms with Gasteiger partial charge in [0.2, 0.25) is 0 Å². The highest BCUT2D eigenvalue weighted by atomic mass is 16.5. The van der Waals surface area contributed by atoms with Crippen molar-refractivity contribution in [3.63, 3.8) is 0 Å². The molecule has 0 aliphatic rings. The number of urea groups is 1. The lowest BCUT2D eigenvalue weighted by molar-refractivity contribution is 0.0600. The second-order valence-electron chi connectivity index (χ2n) is 6.56. The Morgan fingerprint density at radius 1 is 1.03 bits per heavy atom. The number of nitrogens with zero attached hydrogens (tertiary/aromatic N) is 2. The van der Waals surface area contributed by atoms with Crippen molar-refractivity contribution in [2.45, 2.75) is 0 Å². The van der Waals surface area contributed by atoms with Gasteiger partial charge in [-0.05, 0) is 36.4 Å². The summed E-state index contributed by atoms with van der Waals surface area (Å²) in [7, 11) is 2.84. The van der Waals surface area contributed by atoms with Crippen LogP contribution in [0.25, 0.3) is 11.3 Å². The van der Waals surface area contributed by atoms with Crippen LogP contribution < -0.4 is 10.6 Å². The number of esters is 1. The summed E-state index contributed by atoms with van der Waals surface area (Å²) in [5, 5.41) is 5.27. The molecule has 0 saturated carbocycles. The third-order valence-electron chi connectivity index (χ3n) is 4.27. The molecule has 0 radical (unpaired) electrons. The van der Waals surface area contributed by atoms with Crippen LogP contribution in [0.3, 0.4) is 0 Å². The van der Waals surface area contributed by atoms with Crippen LogP contribution in [0, 0.1) is 11.8 Å². The fourth-order valence-corrected chi connectivity index (χ4v) is 2.71. The lowest BCUT2D eigenvalue weighted by Gasteiger charge is -2.10. The van der Waals surface area contributed by atoms with Crippen LogP contribution in [-0.2, 0) is 9.47 Å². The number of carbonyl (C=O) groups is 2. The molecule has 2 aromatic heterocycles. The SMILES string of the molecule is COCCNC(=O)Nc1cc(C(=O)OC)cc(-c2ccc(C#Cc3cccnc3)cc2)n1. The Morgan fingerprint density at radius 3 is 2.50 bits per heavy atom. The number of hydrogen-bond donors (Lipinski definition) is 2. The van der Waals surface area contributed by atoms with Crippen molar-refractivity contribution >= 4 is 17.8 Å². The fourth-order valence-electron chi connectivity index (χ4n) is 2.71. The van der Waals surface area contributed by atoms with Crippen LogP contribution in [0.2, 0.25) is 0 Å². The summed E-state index contributed by atoms with van der Waals surface area (Å²) in [6.07, 6.45) is 3.39. The molecule has 3 rings (SSSR count). The number of aromatic nitrogens is 2. The fraction of sp³-hybridized carbons (Fsp3) is 0.167. The largest absolute Gasteiger partial charge is 0.465 e. The van der Waals surface area contributed by atoms with Crippen molar-refractivity contribution in [1.82, 2.24) is 15.3 Å². The number of amides is 2. The van der Waals surface area contributed by atoms with E-state index in [1.54, 1.807) is 25.6 Å². The predicted molar refractivity (Wildman–Crippen MR) is 120 cm³/mol. The molecule has 0 atom stereocenters. The van der Waals surface area contributed by atoms with E-state index in [-0.39, 0.29) is 11.4 Å². The van der Waals surface area contributed by atoms with Gasteiger partial charge in [-0.3, -0.25) is 10.3 Å². The normalized spacial score (nSPS) is 9.94. The molecule has 0 aliphatic carbocycles. The molecule has 0 saturated heterocycles. The maximum atomic E-state index is 12.1. The van der Waals surface area contributed by atoms with Crippen LogP contribution in [0.4, 0.5) is 10.6 Å². The van der Waals surface area contributed by atoms with E-state index in [1.807, 2.05) is 36.4 Å². The molecular formula is C24H22N4O4. The molecular weight excluding hydrogens is 408 g/mol. The van der Waals surface area contributed by atoms with E-state index in [4.69, 9.17) is 9.47 Å². The Labute approximate surface area is 186 Å². The van der Waals surface area contributed by atoms with Gasteiger partial charge in [-0.25, -0.2) is 14.6 Å². The average Bonchev–Trinajstić information content (AvgIpc) is 2.83. The molecule has 0 fully saturated rings. The number of carbonyl (C=O) groups excluding carboxylic acids is 2. The Balaban J connectivity index is 1.83. The maximum absolute atomic E-state index is 12.1. The van der Waals surface area contributed by atoms with Gasteiger partial charge in [-0.15, -0.1) is 0 Å². The summed E-state index contributed by atoms with van der Waals surface area (Å²) in [5.74, 6) is 5.82. The standard InChI is InChI=1S/C24H22N4O4/c1-31-13-12-26-24(30)28-22-15-20(23(29)32-2)14-21(27-22)19-9-7-17(8-10-19)5-6-18-4-3-11-25-16-18/h3-4,7-11,14-16H,12-13H2,1-2H3,(H2,26,27,28,30). The van der Waals surface area contributed by atoms with Crippen LogP contribution >= 0.6 is 0 Å². The first-order chi connectivity index (χ1) is 15.6. The van der Waals surface area contributed by atoms with Gasteiger partial charge in [0.15, 0.2) is 0 Å². The number of rotatable bonds is 6. The zero-order valence-corrected chi connectivity index (χ0v) is 17.7. The maximum Gasteiger partial charge on any atom is 0.338 e. The van der Waals surface area contributed by atoms with E-state index < -0.39 is 12.0 Å². The van der Waals surface area contributed by atoms with Crippen molar-refractivity contribution < 1.29 is 19.1 Å². The van der Waals surface area contributed by atoms with Crippen LogP contribution in [0.5, 0.6) is 0 Å². The van der Waals surface area contributed by atoms with Gasteiger partial charge in [-0.1, -0.05) is 24.0 Å². The third-order valence-corrected chi connectivity index (χ3v) is 4.27. The molecule has 0 aliphatic heterocycles. The van der Waals surface area contributed by atoms with Gasteiger partial charge < -0.3 is 14.8 Å². The third kappa shape index (κ3) is 6.39. The number of anilines is 1. The van der Waals surface area contributed by atoms with Gasteiger partial charge in [0.25, 0.3) is 0 Å². The molecule has 3 aromatic rings. The Morgan fingerprint density at radius 2 is 1.81 bits per heavy atom. The van der Waals surface area contributed by atoms with E-state index >= 15 is 0 Å². The molecule has 0 unspecified atom stereocenters. The van der Waals surface area contributed by atoms with Crippen LogP contribution in [0.15, 0.2) is 60.9 Å². The van der Waals surface area contributed by atoms with Gasteiger partial charge in [-0.2, -0.15) is 0 Å². The topological polar surface area (TPSA) is 102 Å². The van der Waals surface area contributed by atoms with Gasteiger partial charge in [0, 0.05) is 42.7 Å². The first kappa shape index (κ1) is 22.5. The predicted octanol–water partition coefficient (Wildman–Crippen LogP) is 3.10. The Hall–Kier alpha value is -4.22. The molecule has 8 nitrogen and oxygen atoms in total. The summed E-state index contributed by atoms with van der Waals surface area (Å²) in [4.78, 5) is 32.7. The van der Waals surface area contributed by atoms with Crippen molar-refractivity contribution in [1.29, 1.82) is 0 Å². The lowest BCUT2D eigenvalue weighted by atomic mass is 10.1. The monoisotopic (exact) mass is 430 g/mol. The molecule has 8 heteroatoms. The number of nitrogens with one attached hydrogen (secondary N) is 2. The lowest BCUT2D eigenvalue weighted by Crippen LogP contribution is -2.31. The summed E-state index contributed by atoms with van der Waals surface area (Å²) in [6.45, 7) is 0.720. The number of hydrogen-bond acceptors (Lipinski definition) is 6. The minimum Gasteiger partial charge on any atom is -0.465 e. The summed E-state index contributed by atoms with van der Waals surface area (Å²) >= 11 is 0. The highest BCUT2D eigenvalue weighted by Gasteiger charge is 2.13. The number of pyridine rings is 2. The number of ether oxygens (including phenoxy) is 2. The van der Waals surface area contributed by atoms with Crippen LogP contribution in [0.1, 0.15) is 21.5 Å².